The van der Waals surface area contributed by atoms with Gasteiger partial charge in [0.1, 0.15) is 0 Å². The van der Waals surface area contributed by atoms with Gasteiger partial charge in [-0.15, -0.1) is 10.2 Å². The van der Waals surface area contributed by atoms with E-state index < -0.39 is 10.2 Å². The molecule has 0 aliphatic rings. The van der Waals surface area contributed by atoms with Gasteiger partial charge in [0.2, 0.25) is 5.01 Å². The molecule has 9 heteroatoms. The van der Waals surface area contributed by atoms with Crippen LogP contribution in [0.2, 0.25) is 0 Å². The molecule has 0 unspecified atom stereocenters. The monoisotopic (exact) mass is 322 g/mol. The van der Waals surface area contributed by atoms with E-state index in [1.807, 2.05) is 36.9 Å². The minimum absolute atomic E-state index is 1.06. The number of rotatable bonds is 1. The highest BCUT2D eigenvalue weighted by Gasteiger charge is 2.09. The van der Waals surface area contributed by atoms with Gasteiger partial charge in [-0.05, 0) is 27.5 Å². The van der Waals surface area contributed by atoms with Crippen LogP contribution in [-0.2, 0) is 0 Å². The van der Waals surface area contributed by atoms with E-state index in [4.69, 9.17) is 18.6 Å². The van der Waals surface area contributed by atoms with Crippen molar-refractivity contribution in [1.82, 2.24) is 9.56 Å². The third-order valence-electron chi connectivity index (χ3n) is 1.80. The Morgan fingerprint density at radius 2 is 1.53 bits per heavy atom. The van der Waals surface area contributed by atoms with Gasteiger partial charge in [0.25, 0.3) is 0 Å². The standard InChI is InChI=1S/C10H11N2S2.ClHO4/c1-12(2)10-11-9(13-14-10)8-6-4-3-5-7-8;2-1(3,4)5/h3-7H,1-2H3;(H,2,3,4,5)/q+1;/p-1. The lowest BCUT2D eigenvalue weighted by molar-refractivity contribution is -2.00. The zero-order valence-corrected chi connectivity index (χ0v) is 12.5. The summed E-state index contributed by atoms with van der Waals surface area (Å²) < 4.78 is 36.0. The highest BCUT2D eigenvalue weighted by atomic mass is 35.7. The summed E-state index contributed by atoms with van der Waals surface area (Å²) in [7, 11) is 2.51. The summed E-state index contributed by atoms with van der Waals surface area (Å²) in [5, 5.41) is 1.10. The zero-order chi connectivity index (χ0) is 14.5. The maximum absolute atomic E-state index is 8.49. The molecule has 0 aliphatic carbocycles. The molecular weight excluding hydrogens is 312 g/mol. The van der Waals surface area contributed by atoms with Gasteiger partial charge in [-0.3, -0.25) is 4.58 Å². The van der Waals surface area contributed by atoms with Crippen molar-refractivity contribution in [3.8, 4) is 10.6 Å². The second-order valence-corrected chi connectivity index (χ2v) is 6.35. The average molecular weight is 323 g/mol. The lowest BCUT2D eigenvalue weighted by Gasteiger charge is -2.17. The molecule has 1 aromatic carbocycles. The van der Waals surface area contributed by atoms with Gasteiger partial charge in [0.15, 0.2) is 0 Å². The molecule has 0 bridgehead atoms. The minimum Gasteiger partial charge on any atom is -0.254 e. The maximum Gasteiger partial charge on any atom is 0.388 e. The van der Waals surface area contributed by atoms with E-state index in [0.717, 1.165) is 9.81 Å². The molecule has 1 aromatic heterocycles. The van der Waals surface area contributed by atoms with Gasteiger partial charge >= 0.3 is 4.80 Å². The lowest BCUT2D eigenvalue weighted by atomic mass is 10.2. The molecule has 0 saturated carbocycles. The van der Waals surface area contributed by atoms with E-state index >= 15 is 0 Å². The van der Waals surface area contributed by atoms with Crippen LogP contribution >= 0.6 is 20.7 Å². The molecule has 0 radical (unpaired) electrons. The van der Waals surface area contributed by atoms with Gasteiger partial charge in [0.05, 0.1) is 14.1 Å². The Hall–Kier alpha value is -0.870. The molecule has 0 atom stereocenters. The van der Waals surface area contributed by atoms with E-state index in [1.54, 1.807) is 20.7 Å². The van der Waals surface area contributed by atoms with Crippen LogP contribution in [0, 0.1) is 10.2 Å². The van der Waals surface area contributed by atoms with Crippen molar-refractivity contribution in [1.29, 1.82) is 0 Å². The first kappa shape index (κ1) is 16.2. The maximum atomic E-state index is 8.49. The zero-order valence-electron chi connectivity index (χ0n) is 10.1. The first-order valence-electron chi connectivity index (χ1n) is 4.92. The fourth-order valence-electron chi connectivity index (χ4n) is 1.07. The minimum atomic E-state index is -4.94. The molecular formula is C10H11ClN2O4S2. The molecule has 0 spiro atoms. The molecule has 2 aromatic rings. The average Bonchev–Trinajstić information content (AvgIpc) is 2.77. The van der Waals surface area contributed by atoms with E-state index in [-0.39, 0.29) is 0 Å². The van der Waals surface area contributed by atoms with E-state index in [1.165, 1.54) is 5.56 Å². The lowest BCUT2D eigenvalue weighted by Crippen LogP contribution is -2.68. The molecule has 2 rings (SSSR count). The largest absolute Gasteiger partial charge is 0.388 e. The van der Waals surface area contributed by atoms with Crippen LogP contribution in [-0.4, -0.2) is 19.1 Å². The Morgan fingerprint density at radius 1 is 1.00 bits per heavy atom. The van der Waals surface area contributed by atoms with Crippen molar-refractivity contribution >= 4 is 20.7 Å². The Balaban J connectivity index is 0.000000312. The molecule has 0 saturated heterocycles. The quantitative estimate of drug-likeness (QED) is 0.415. The Bertz CT molecular complexity index is 567. The number of benzene rings is 1. The van der Waals surface area contributed by atoms with E-state index in [2.05, 4.69) is 17.1 Å². The second-order valence-electron chi connectivity index (χ2n) is 3.50. The summed E-state index contributed by atoms with van der Waals surface area (Å²) in [5.74, 6) is 0. The number of hydrogen-bond acceptors (Lipinski definition) is 7. The molecule has 0 N–H and O–H groups in total. The van der Waals surface area contributed by atoms with Crippen LogP contribution < -0.4 is 28.0 Å². The summed E-state index contributed by atoms with van der Waals surface area (Å²) in [6.45, 7) is 0. The SMILES string of the molecule is C[N+](C)=c1nc(-c2ccccc2)ss1.[O-][Cl+3]([O-])([O-])[O-]. The summed E-state index contributed by atoms with van der Waals surface area (Å²) >= 11 is 0. The smallest absolute Gasteiger partial charge is 0.254 e. The molecule has 104 valence electrons. The van der Waals surface area contributed by atoms with Crippen molar-refractivity contribution in [2.45, 2.75) is 0 Å². The number of nitrogens with zero attached hydrogens (tertiary/aromatic N) is 2. The molecule has 0 amide bonds. The first-order valence-corrected chi connectivity index (χ1v) is 8.30. The third-order valence-corrected chi connectivity index (χ3v) is 4.14. The van der Waals surface area contributed by atoms with Crippen LogP contribution in [0.1, 0.15) is 0 Å². The van der Waals surface area contributed by atoms with Crippen LogP contribution in [0.4, 0.5) is 0 Å². The Kier molecular flexibility index (Phi) is 6.01. The van der Waals surface area contributed by atoms with Crippen molar-refractivity contribution in [2.24, 2.45) is 0 Å². The van der Waals surface area contributed by atoms with Crippen LogP contribution in [0.5, 0.6) is 0 Å². The topological polar surface area (TPSA) is 108 Å². The molecule has 1 heterocycles. The Labute approximate surface area is 119 Å². The highest BCUT2D eigenvalue weighted by Crippen LogP contribution is 2.21. The van der Waals surface area contributed by atoms with Crippen LogP contribution in [0.25, 0.3) is 10.6 Å². The van der Waals surface area contributed by atoms with Gasteiger partial charge in [-0.1, -0.05) is 18.2 Å². The van der Waals surface area contributed by atoms with Crippen molar-refractivity contribution in [3.63, 3.8) is 0 Å². The molecule has 6 nitrogen and oxygen atoms in total. The molecule has 0 aliphatic heterocycles. The van der Waals surface area contributed by atoms with Gasteiger partial charge in [-0.25, -0.2) is 18.6 Å². The molecule has 19 heavy (non-hydrogen) atoms. The third kappa shape index (κ3) is 6.73. The van der Waals surface area contributed by atoms with Gasteiger partial charge in [-0.2, -0.15) is 0 Å². The van der Waals surface area contributed by atoms with Gasteiger partial charge in [0, 0.05) is 15.9 Å². The second kappa shape index (κ2) is 7.06. The first-order chi connectivity index (χ1) is 8.77. The fourth-order valence-corrected chi connectivity index (χ4v) is 3.33. The van der Waals surface area contributed by atoms with E-state index in [9.17, 15) is 0 Å². The summed E-state index contributed by atoms with van der Waals surface area (Å²) in [6, 6.07) is 10.3. The molecule has 0 fully saturated rings. The van der Waals surface area contributed by atoms with Gasteiger partial charge < -0.3 is 0 Å². The number of aromatic nitrogens is 1. The summed E-state index contributed by atoms with van der Waals surface area (Å²) in [6.07, 6.45) is 0. The van der Waals surface area contributed by atoms with Crippen molar-refractivity contribution in [2.75, 3.05) is 14.1 Å². The number of halogens is 1. The fraction of sp³-hybridized carbons (Fsp3) is 0.200. The predicted octanol–water partition coefficient (Wildman–Crippen LogP) is -2.85. The number of hydrogen-bond donors (Lipinski definition) is 0. The van der Waals surface area contributed by atoms with Crippen molar-refractivity contribution in [3.05, 3.63) is 35.1 Å². The Morgan fingerprint density at radius 3 is 1.95 bits per heavy atom. The highest BCUT2D eigenvalue weighted by molar-refractivity contribution is 7.69. The van der Waals surface area contributed by atoms with Crippen molar-refractivity contribution < 1.29 is 28.9 Å². The van der Waals surface area contributed by atoms with Crippen LogP contribution in [0.15, 0.2) is 30.3 Å². The summed E-state index contributed by atoms with van der Waals surface area (Å²) in [4.78, 5) is 5.61. The predicted molar refractivity (Wildman–Crippen MR) is 62.5 cm³/mol. The summed E-state index contributed by atoms with van der Waals surface area (Å²) in [5.41, 5.74) is 1.20. The normalized spacial score (nSPS) is 10.6. The van der Waals surface area contributed by atoms with Crippen LogP contribution in [0.3, 0.4) is 0 Å². The van der Waals surface area contributed by atoms with E-state index in [0.29, 0.717) is 0 Å².